The fraction of sp³-hybridized carbons (Fsp3) is 0.500. The van der Waals surface area contributed by atoms with Crippen molar-refractivity contribution in [3.63, 3.8) is 0 Å². The van der Waals surface area contributed by atoms with Crippen LogP contribution in [0.3, 0.4) is 0 Å². The molecule has 1 aromatic rings. The zero-order valence-electron chi connectivity index (χ0n) is 11.6. The molecule has 20 heavy (non-hydrogen) atoms. The Morgan fingerprint density at radius 3 is 2.90 bits per heavy atom. The van der Waals surface area contributed by atoms with Gasteiger partial charge in [0.15, 0.2) is 0 Å². The van der Waals surface area contributed by atoms with Gasteiger partial charge in [0.05, 0.1) is 6.54 Å². The third-order valence-corrected chi connectivity index (χ3v) is 3.61. The van der Waals surface area contributed by atoms with Gasteiger partial charge < -0.3 is 11.1 Å². The smallest absolute Gasteiger partial charge is 0.238 e. The molecule has 1 fully saturated rings. The first-order valence-corrected chi connectivity index (χ1v) is 6.49. The predicted octanol–water partition coefficient (Wildman–Crippen LogP) is 1.86. The van der Waals surface area contributed by atoms with E-state index in [1.807, 2.05) is 0 Å². The van der Waals surface area contributed by atoms with E-state index in [4.69, 9.17) is 5.73 Å². The van der Waals surface area contributed by atoms with E-state index in [9.17, 15) is 9.18 Å². The number of halogens is 2. The maximum absolute atomic E-state index is 13.0. The summed E-state index contributed by atoms with van der Waals surface area (Å²) in [6, 6.07) is 5.91. The van der Waals surface area contributed by atoms with Crippen molar-refractivity contribution in [2.45, 2.75) is 13.3 Å². The van der Waals surface area contributed by atoms with Crippen LogP contribution in [0, 0.1) is 11.2 Å². The third-order valence-electron chi connectivity index (χ3n) is 3.61. The van der Waals surface area contributed by atoms with Crippen LogP contribution < -0.4 is 11.1 Å². The van der Waals surface area contributed by atoms with E-state index >= 15 is 0 Å². The van der Waals surface area contributed by atoms with E-state index in [1.165, 1.54) is 12.1 Å². The summed E-state index contributed by atoms with van der Waals surface area (Å²) < 4.78 is 13.0. The lowest BCUT2D eigenvalue weighted by Gasteiger charge is -2.22. The lowest BCUT2D eigenvalue weighted by atomic mass is 9.90. The monoisotopic (exact) mass is 301 g/mol. The van der Waals surface area contributed by atoms with E-state index in [0.717, 1.165) is 19.5 Å². The summed E-state index contributed by atoms with van der Waals surface area (Å²) in [4.78, 5) is 14.0. The van der Waals surface area contributed by atoms with Gasteiger partial charge in [0.25, 0.3) is 0 Å². The summed E-state index contributed by atoms with van der Waals surface area (Å²) in [7, 11) is 0. The number of carbonyl (C=O) groups excluding carboxylic acids is 1. The second-order valence-electron chi connectivity index (χ2n) is 5.53. The lowest BCUT2D eigenvalue weighted by molar-refractivity contribution is -0.117. The highest BCUT2D eigenvalue weighted by atomic mass is 35.5. The molecular weight excluding hydrogens is 281 g/mol. The van der Waals surface area contributed by atoms with Gasteiger partial charge in [-0.2, -0.15) is 0 Å². The molecule has 0 radical (unpaired) electrons. The highest BCUT2D eigenvalue weighted by Crippen LogP contribution is 2.28. The van der Waals surface area contributed by atoms with Crippen molar-refractivity contribution in [2.75, 3.05) is 31.5 Å². The number of rotatable bonds is 4. The molecule has 1 aliphatic rings. The summed E-state index contributed by atoms with van der Waals surface area (Å²) in [5.74, 6) is -0.471. The van der Waals surface area contributed by atoms with E-state index in [2.05, 4.69) is 17.1 Å². The third kappa shape index (κ3) is 4.44. The van der Waals surface area contributed by atoms with Crippen molar-refractivity contribution in [1.82, 2.24) is 4.90 Å². The molecule has 1 amide bonds. The molecular formula is C14H21ClFN3O. The van der Waals surface area contributed by atoms with Crippen molar-refractivity contribution in [3.05, 3.63) is 30.1 Å². The second-order valence-corrected chi connectivity index (χ2v) is 5.53. The number of hydrogen-bond acceptors (Lipinski definition) is 3. The summed E-state index contributed by atoms with van der Waals surface area (Å²) in [6.07, 6.45) is 1.01. The standard InChI is InChI=1S/C14H20FN3O.ClH/c1-14(9-16)5-6-18(10-14)8-13(19)17-12-4-2-3-11(15)7-12;/h2-4,7H,5-6,8-10,16H2,1H3,(H,17,19);1H. The molecule has 0 aromatic heterocycles. The van der Waals surface area contributed by atoms with E-state index in [0.29, 0.717) is 18.8 Å². The van der Waals surface area contributed by atoms with Crippen LogP contribution in [0.1, 0.15) is 13.3 Å². The number of nitrogens with two attached hydrogens (primary N) is 1. The van der Waals surface area contributed by atoms with Crippen LogP contribution in [-0.2, 0) is 4.79 Å². The first-order valence-electron chi connectivity index (χ1n) is 6.49. The molecule has 112 valence electrons. The Morgan fingerprint density at radius 2 is 2.30 bits per heavy atom. The van der Waals surface area contributed by atoms with Crippen LogP contribution in [0.15, 0.2) is 24.3 Å². The molecule has 0 spiro atoms. The zero-order chi connectivity index (χ0) is 13.9. The molecule has 0 aliphatic carbocycles. The molecule has 1 aliphatic heterocycles. The largest absolute Gasteiger partial charge is 0.330 e. The Kier molecular flexibility index (Phi) is 5.92. The Hall–Kier alpha value is -1.17. The molecule has 0 saturated carbocycles. The number of hydrogen-bond donors (Lipinski definition) is 2. The Labute approximate surface area is 124 Å². The minimum Gasteiger partial charge on any atom is -0.330 e. The number of anilines is 1. The summed E-state index contributed by atoms with van der Waals surface area (Å²) in [5.41, 5.74) is 6.33. The van der Waals surface area contributed by atoms with Crippen molar-refractivity contribution in [1.29, 1.82) is 0 Å². The van der Waals surface area contributed by atoms with Gasteiger partial charge in [-0.05, 0) is 43.1 Å². The van der Waals surface area contributed by atoms with Crippen LogP contribution in [0.2, 0.25) is 0 Å². The summed E-state index contributed by atoms with van der Waals surface area (Å²) in [6.45, 7) is 4.81. The zero-order valence-corrected chi connectivity index (χ0v) is 12.4. The quantitative estimate of drug-likeness (QED) is 0.892. The molecule has 6 heteroatoms. The number of benzene rings is 1. The average Bonchev–Trinajstić information content (AvgIpc) is 2.71. The number of nitrogens with one attached hydrogen (secondary N) is 1. The molecule has 1 aromatic carbocycles. The normalized spacial score (nSPS) is 22.4. The molecule has 0 bridgehead atoms. The van der Waals surface area contributed by atoms with Crippen LogP contribution in [0.25, 0.3) is 0 Å². The lowest BCUT2D eigenvalue weighted by Crippen LogP contribution is -2.35. The van der Waals surface area contributed by atoms with E-state index < -0.39 is 0 Å². The number of amides is 1. The summed E-state index contributed by atoms with van der Waals surface area (Å²) in [5, 5.41) is 2.70. The minimum atomic E-state index is -0.352. The molecule has 3 N–H and O–H groups in total. The van der Waals surface area contributed by atoms with Gasteiger partial charge in [0.1, 0.15) is 5.82 Å². The van der Waals surface area contributed by atoms with Crippen LogP contribution in [0.4, 0.5) is 10.1 Å². The molecule has 1 atom stereocenters. The minimum absolute atomic E-state index is 0. The predicted molar refractivity (Wildman–Crippen MR) is 80.5 cm³/mol. The Morgan fingerprint density at radius 1 is 1.55 bits per heavy atom. The van der Waals surface area contributed by atoms with Crippen LogP contribution in [0.5, 0.6) is 0 Å². The van der Waals surface area contributed by atoms with E-state index in [1.54, 1.807) is 12.1 Å². The molecule has 1 unspecified atom stereocenters. The van der Waals surface area contributed by atoms with Gasteiger partial charge in [0.2, 0.25) is 5.91 Å². The number of nitrogens with zero attached hydrogens (tertiary/aromatic N) is 1. The van der Waals surface area contributed by atoms with Crippen LogP contribution >= 0.6 is 12.4 Å². The van der Waals surface area contributed by atoms with Gasteiger partial charge in [-0.15, -0.1) is 12.4 Å². The van der Waals surface area contributed by atoms with Crippen molar-refractivity contribution in [2.24, 2.45) is 11.1 Å². The average molecular weight is 302 g/mol. The maximum atomic E-state index is 13.0. The number of likely N-dealkylation sites (tertiary alicyclic amines) is 1. The van der Waals surface area contributed by atoms with Crippen molar-refractivity contribution < 1.29 is 9.18 Å². The Bertz CT molecular complexity index is 471. The second kappa shape index (κ2) is 7.02. The highest BCUT2D eigenvalue weighted by molar-refractivity contribution is 5.92. The van der Waals surface area contributed by atoms with Crippen LogP contribution in [-0.4, -0.2) is 37.0 Å². The topological polar surface area (TPSA) is 58.4 Å². The maximum Gasteiger partial charge on any atom is 0.238 e. The Balaban J connectivity index is 0.00000200. The van der Waals surface area contributed by atoms with Gasteiger partial charge in [-0.3, -0.25) is 9.69 Å². The SMILES string of the molecule is CC1(CN)CCN(CC(=O)Nc2cccc(F)c2)C1.Cl. The van der Waals surface area contributed by atoms with Gasteiger partial charge in [-0.25, -0.2) is 4.39 Å². The molecule has 1 heterocycles. The first-order chi connectivity index (χ1) is 9.00. The highest BCUT2D eigenvalue weighted by Gasteiger charge is 2.33. The van der Waals surface area contributed by atoms with Crippen molar-refractivity contribution in [3.8, 4) is 0 Å². The fourth-order valence-corrected chi connectivity index (χ4v) is 2.40. The van der Waals surface area contributed by atoms with Crippen molar-refractivity contribution >= 4 is 24.0 Å². The molecule has 1 saturated heterocycles. The van der Waals surface area contributed by atoms with Gasteiger partial charge in [0, 0.05) is 12.2 Å². The van der Waals surface area contributed by atoms with Gasteiger partial charge in [-0.1, -0.05) is 13.0 Å². The number of carbonyl (C=O) groups is 1. The van der Waals surface area contributed by atoms with E-state index in [-0.39, 0.29) is 29.5 Å². The molecule has 4 nitrogen and oxygen atoms in total. The van der Waals surface area contributed by atoms with Gasteiger partial charge >= 0.3 is 0 Å². The first kappa shape index (κ1) is 16.9. The fourth-order valence-electron chi connectivity index (χ4n) is 2.40. The molecule has 2 rings (SSSR count). The summed E-state index contributed by atoms with van der Waals surface area (Å²) >= 11 is 0.